The number of nitrogens with zero attached hydrogens (tertiary/aromatic N) is 7. The molecule has 9 nitrogen and oxygen atoms in total. The van der Waals surface area contributed by atoms with Gasteiger partial charge in [-0.1, -0.05) is 17.9 Å². The Morgan fingerprint density at radius 3 is 2.60 bits per heavy atom. The van der Waals surface area contributed by atoms with E-state index in [9.17, 15) is 9.18 Å². The average molecular weight is 616 g/mol. The highest BCUT2D eigenvalue weighted by Crippen LogP contribution is 2.41. The van der Waals surface area contributed by atoms with E-state index in [2.05, 4.69) is 31.8 Å². The van der Waals surface area contributed by atoms with Gasteiger partial charge in [-0.3, -0.25) is 9.78 Å². The fourth-order valence-electron chi connectivity index (χ4n) is 6.77. The van der Waals surface area contributed by atoms with E-state index in [1.165, 1.54) is 11.0 Å². The third kappa shape index (κ3) is 4.97. The minimum Gasteiger partial charge on any atom is -0.474 e. The third-order valence-electron chi connectivity index (χ3n) is 9.19. The number of piperidine rings is 1. The standard InChI is InChI=1S/C33H32F3N7O2/c1-18-16-23-29(27(36)25(18)26-24(35)9-8-20-6-4-12-37-28(20)26)38-32(45-17-22-7-5-13-41(22)3)30-31(23)43(40-39-30)21-10-14-42(15-11-21)33(44)19(2)34/h4,6,8-9,12,16,21-22H,2,5,7,10-11,13-15,17H2,1,3H3. The Morgan fingerprint density at radius 1 is 1.07 bits per heavy atom. The van der Waals surface area contributed by atoms with Crippen LogP contribution in [0.4, 0.5) is 13.2 Å². The summed E-state index contributed by atoms with van der Waals surface area (Å²) >= 11 is 0. The summed E-state index contributed by atoms with van der Waals surface area (Å²) in [7, 11) is 2.04. The second-order valence-corrected chi connectivity index (χ2v) is 11.9. The van der Waals surface area contributed by atoms with Crippen molar-refractivity contribution in [3.8, 4) is 17.0 Å². The van der Waals surface area contributed by atoms with E-state index < -0.39 is 23.4 Å². The normalized spacial score (nSPS) is 18.0. The van der Waals surface area contributed by atoms with Crippen LogP contribution in [0.3, 0.4) is 0 Å². The third-order valence-corrected chi connectivity index (χ3v) is 9.19. The van der Waals surface area contributed by atoms with Crippen LogP contribution in [0.1, 0.15) is 37.3 Å². The van der Waals surface area contributed by atoms with Crippen LogP contribution in [-0.4, -0.2) is 80.0 Å². The molecule has 2 saturated heterocycles. The van der Waals surface area contributed by atoms with Crippen molar-refractivity contribution in [3.63, 3.8) is 0 Å². The largest absolute Gasteiger partial charge is 0.474 e. The van der Waals surface area contributed by atoms with Crippen LogP contribution in [0.25, 0.3) is 44.0 Å². The van der Waals surface area contributed by atoms with Crippen LogP contribution < -0.4 is 4.74 Å². The molecule has 0 bridgehead atoms. The number of fused-ring (bicyclic) bond motifs is 4. The molecule has 12 heteroatoms. The number of likely N-dealkylation sites (N-methyl/N-ethyl adjacent to an activating group) is 1. The Kier molecular flexibility index (Phi) is 7.39. The second kappa shape index (κ2) is 11.4. The number of ether oxygens (including phenoxy) is 1. The molecule has 0 N–H and O–H groups in total. The molecule has 1 unspecified atom stereocenters. The Balaban J connectivity index is 1.39. The van der Waals surface area contributed by atoms with Gasteiger partial charge in [0, 0.05) is 47.2 Å². The van der Waals surface area contributed by atoms with E-state index in [4.69, 9.17) is 4.74 Å². The molecule has 0 aliphatic carbocycles. The van der Waals surface area contributed by atoms with Crippen molar-refractivity contribution in [1.29, 1.82) is 0 Å². The van der Waals surface area contributed by atoms with Gasteiger partial charge in [-0.25, -0.2) is 22.8 Å². The number of likely N-dealkylation sites (tertiary alicyclic amines) is 2. The van der Waals surface area contributed by atoms with Crippen LogP contribution in [-0.2, 0) is 4.79 Å². The molecule has 1 amide bonds. The molecule has 0 saturated carbocycles. The molecule has 232 valence electrons. The molecular formula is C33H32F3N7O2. The molecule has 5 aromatic rings. The number of aryl methyl sites for hydroxylation is 1. The van der Waals surface area contributed by atoms with E-state index in [1.807, 2.05) is 7.05 Å². The van der Waals surface area contributed by atoms with Crippen molar-refractivity contribution < 1.29 is 22.7 Å². The van der Waals surface area contributed by atoms with Gasteiger partial charge >= 0.3 is 0 Å². The smallest absolute Gasteiger partial charge is 0.281 e. The lowest BCUT2D eigenvalue weighted by atomic mass is 9.94. The maximum atomic E-state index is 16.9. The minimum atomic E-state index is -0.994. The zero-order chi connectivity index (χ0) is 31.4. The number of hydrogen-bond acceptors (Lipinski definition) is 7. The molecule has 0 radical (unpaired) electrons. The van der Waals surface area contributed by atoms with Crippen molar-refractivity contribution in [2.45, 2.75) is 44.7 Å². The number of carbonyl (C=O) groups is 1. The minimum absolute atomic E-state index is 0.00935. The number of amides is 1. The van der Waals surface area contributed by atoms with Crippen molar-refractivity contribution in [1.82, 2.24) is 34.8 Å². The van der Waals surface area contributed by atoms with E-state index in [1.54, 1.807) is 42.1 Å². The lowest BCUT2D eigenvalue weighted by molar-refractivity contribution is -0.129. The fourth-order valence-corrected chi connectivity index (χ4v) is 6.77. The second-order valence-electron chi connectivity index (χ2n) is 11.9. The van der Waals surface area contributed by atoms with Crippen LogP contribution in [0.15, 0.2) is 48.9 Å². The van der Waals surface area contributed by atoms with Gasteiger partial charge in [0.15, 0.2) is 17.2 Å². The van der Waals surface area contributed by atoms with E-state index in [0.29, 0.717) is 65.4 Å². The number of benzene rings is 2. The molecule has 7 rings (SSSR count). The highest BCUT2D eigenvalue weighted by atomic mass is 19.1. The predicted octanol–water partition coefficient (Wildman–Crippen LogP) is 5.90. The quantitative estimate of drug-likeness (QED) is 0.220. The molecule has 3 aromatic heterocycles. The maximum absolute atomic E-state index is 16.9. The Labute approximate surface area is 257 Å². The number of rotatable bonds is 6. The molecule has 0 spiro atoms. The first kappa shape index (κ1) is 29.1. The van der Waals surface area contributed by atoms with Gasteiger partial charge in [0.25, 0.3) is 5.91 Å². The summed E-state index contributed by atoms with van der Waals surface area (Å²) in [6.07, 6.45) is 4.54. The number of aromatic nitrogens is 5. The van der Waals surface area contributed by atoms with Gasteiger partial charge in [-0.15, -0.1) is 5.10 Å². The molecule has 2 aliphatic rings. The number of carbonyl (C=O) groups excluding carboxylic acids is 1. The Bertz CT molecular complexity index is 1990. The summed E-state index contributed by atoms with van der Waals surface area (Å²) in [6, 6.07) is 8.25. The van der Waals surface area contributed by atoms with Crippen molar-refractivity contribution >= 4 is 38.7 Å². The predicted molar refractivity (Wildman–Crippen MR) is 164 cm³/mol. The first-order chi connectivity index (χ1) is 21.7. The van der Waals surface area contributed by atoms with Gasteiger partial charge in [0.1, 0.15) is 23.5 Å². The average Bonchev–Trinajstić information content (AvgIpc) is 3.67. The van der Waals surface area contributed by atoms with Crippen LogP contribution in [0.2, 0.25) is 0 Å². The van der Waals surface area contributed by atoms with Crippen molar-refractivity contribution in [3.05, 3.63) is 66.1 Å². The van der Waals surface area contributed by atoms with Gasteiger partial charge in [-0.05, 0) is 76.0 Å². The first-order valence-corrected chi connectivity index (χ1v) is 15.1. The van der Waals surface area contributed by atoms with Gasteiger partial charge in [0.2, 0.25) is 5.88 Å². The fraction of sp³-hybridized carbons (Fsp3) is 0.364. The summed E-state index contributed by atoms with van der Waals surface area (Å²) in [5, 5.41) is 10.1. The van der Waals surface area contributed by atoms with Gasteiger partial charge in [0.05, 0.1) is 11.6 Å². The lowest BCUT2D eigenvalue weighted by Gasteiger charge is -2.31. The summed E-state index contributed by atoms with van der Waals surface area (Å²) in [6.45, 7) is 6.77. The zero-order valence-corrected chi connectivity index (χ0v) is 25.1. The van der Waals surface area contributed by atoms with Crippen LogP contribution in [0, 0.1) is 18.6 Å². The van der Waals surface area contributed by atoms with Gasteiger partial charge < -0.3 is 14.5 Å². The van der Waals surface area contributed by atoms with Gasteiger partial charge in [-0.2, -0.15) is 0 Å². The molecule has 2 aliphatic heterocycles. The van der Waals surface area contributed by atoms with Crippen LogP contribution >= 0.6 is 0 Å². The van der Waals surface area contributed by atoms with E-state index in [-0.39, 0.29) is 34.6 Å². The van der Waals surface area contributed by atoms with Crippen molar-refractivity contribution in [2.24, 2.45) is 0 Å². The van der Waals surface area contributed by atoms with Crippen molar-refractivity contribution in [2.75, 3.05) is 33.3 Å². The summed E-state index contributed by atoms with van der Waals surface area (Å²) in [5.41, 5.74) is 1.94. The summed E-state index contributed by atoms with van der Waals surface area (Å²) in [4.78, 5) is 24.9. The molecule has 2 aromatic carbocycles. The topological polar surface area (TPSA) is 89.3 Å². The number of hydrogen-bond donors (Lipinski definition) is 0. The highest BCUT2D eigenvalue weighted by molar-refractivity contribution is 6.07. The van der Waals surface area contributed by atoms with E-state index >= 15 is 8.78 Å². The highest BCUT2D eigenvalue weighted by Gasteiger charge is 2.31. The molecule has 1 atom stereocenters. The number of halogens is 3. The summed E-state index contributed by atoms with van der Waals surface area (Å²) < 4.78 is 53.9. The first-order valence-electron chi connectivity index (χ1n) is 15.1. The van der Waals surface area contributed by atoms with Crippen LogP contribution in [0.5, 0.6) is 5.88 Å². The molecule has 5 heterocycles. The Morgan fingerprint density at radius 2 is 1.87 bits per heavy atom. The maximum Gasteiger partial charge on any atom is 0.281 e. The summed E-state index contributed by atoms with van der Waals surface area (Å²) in [5.74, 6) is -2.85. The Hall–Kier alpha value is -4.58. The van der Waals surface area contributed by atoms with E-state index in [0.717, 1.165) is 19.4 Å². The monoisotopic (exact) mass is 615 g/mol. The zero-order valence-electron chi connectivity index (χ0n) is 25.1. The molecule has 2 fully saturated rings. The number of pyridine rings is 2. The molecular weight excluding hydrogens is 583 g/mol. The molecule has 45 heavy (non-hydrogen) atoms. The lowest BCUT2D eigenvalue weighted by Crippen LogP contribution is -2.39. The SMILES string of the molecule is C=C(F)C(=O)N1CCC(n2nnc3c(OCC4CCCN4C)nc4c(F)c(-c5c(F)ccc6cccnc56)c(C)cc4c32)CC1.